The minimum atomic E-state index is -0.768. The van der Waals surface area contributed by atoms with Crippen molar-refractivity contribution in [3.63, 3.8) is 0 Å². The number of hydrogen-bond donors (Lipinski definition) is 3. The molecule has 0 radical (unpaired) electrons. The van der Waals surface area contributed by atoms with E-state index in [1.54, 1.807) is 6.92 Å². The van der Waals surface area contributed by atoms with Crippen LogP contribution in [-0.2, 0) is 4.79 Å². The van der Waals surface area contributed by atoms with Crippen LogP contribution in [0.25, 0.3) is 0 Å². The van der Waals surface area contributed by atoms with Crippen LogP contribution in [0.15, 0.2) is 23.4 Å². The molecule has 1 rings (SSSR count). The molecule has 1 atom stereocenters. The maximum absolute atomic E-state index is 13.4. The highest BCUT2D eigenvalue weighted by atomic mass is 19.1. The van der Waals surface area contributed by atoms with Crippen molar-refractivity contribution in [2.45, 2.75) is 13.3 Å². The average Bonchev–Trinajstić information content (AvgIpc) is 2.39. The molecule has 0 heterocycles. The third-order valence-electron chi connectivity index (χ3n) is 2.62. The molecule has 0 aliphatic heterocycles. The summed E-state index contributed by atoms with van der Waals surface area (Å²) in [6, 6.07) is 4.03. The van der Waals surface area contributed by atoms with E-state index in [9.17, 15) is 9.18 Å². The second-order valence-electron chi connectivity index (χ2n) is 3.82. The molecular formula is C12H16FN3O3. The number of hydrogen-bond acceptors (Lipinski definition) is 4. The maximum Gasteiger partial charge on any atom is 0.235 e. The zero-order valence-corrected chi connectivity index (χ0v) is 10.7. The van der Waals surface area contributed by atoms with Crippen LogP contribution in [0.5, 0.6) is 5.75 Å². The monoisotopic (exact) mass is 269 g/mol. The van der Waals surface area contributed by atoms with Gasteiger partial charge in [0.1, 0.15) is 0 Å². The van der Waals surface area contributed by atoms with Gasteiger partial charge >= 0.3 is 0 Å². The number of rotatable bonds is 5. The number of benzene rings is 1. The van der Waals surface area contributed by atoms with Gasteiger partial charge in [-0.2, -0.15) is 0 Å². The first kappa shape index (κ1) is 14.7. The van der Waals surface area contributed by atoms with E-state index < -0.39 is 17.6 Å². The Labute approximate surface area is 110 Å². The topological polar surface area (TPSA) is 96.9 Å². The number of carbonyl (C=O) groups is 1. The molecule has 0 saturated carbocycles. The molecule has 0 fully saturated rings. The quantitative estimate of drug-likeness (QED) is 0.327. The van der Waals surface area contributed by atoms with Crippen LogP contribution in [-0.4, -0.2) is 24.1 Å². The summed E-state index contributed by atoms with van der Waals surface area (Å²) in [6.07, 6.45) is 0.361. The Morgan fingerprint density at radius 1 is 1.63 bits per heavy atom. The van der Waals surface area contributed by atoms with Crippen LogP contribution in [0.2, 0.25) is 0 Å². The predicted molar refractivity (Wildman–Crippen MR) is 68.8 cm³/mol. The summed E-state index contributed by atoms with van der Waals surface area (Å²) in [7, 11) is 1.35. The molecule has 104 valence electrons. The number of amidine groups is 1. The number of methoxy groups -OCH3 is 1. The zero-order valence-electron chi connectivity index (χ0n) is 10.7. The Balaban J connectivity index is 2.84. The van der Waals surface area contributed by atoms with E-state index in [0.29, 0.717) is 6.42 Å². The van der Waals surface area contributed by atoms with Gasteiger partial charge in [-0.05, 0) is 18.6 Å². The Morgan fingerprint density at radius 3 is 2.79 bits per heavy atom. The molecule has 7 heteroatoms. The van der Waals surface area contributed by atoms with E-state index >= 15 is 0 Å². The SMILES string of the molecule is CCC(C(=O)Nc1ccc(OC)c(F)c1)C(N)=NO. The third-order valence-corrected chi connectivity index (χ3v) is 2.62. The minimum absolute atomic E-state index is 0.0847. The van der Waals surface area contributed by atoms with Crippen molar-refractivity contribution in [3.8, 4) is 5.75 Å². The molecular weight excluding hydrogens is 253 g/mol. The first-order valence-corrected chi connectivity index (χ1v) is 5.65. The molecule has 1 aromatic carbocycles. The first-order valence-electron chi connectivity index (χ1n) is 5.65. The van der Waals surface area contributed by atoms with Gasteiger partial charge in [-0.3, -0.25) is 4.79 Å². The lowest BCUT2D eigenvalue weighted by atomic mass is 10.0. The van der Waals surface area contributed by atoms with Crippen molar-refractivity contribution in [2.24, 2.45) is 16.8 Å². The average molecular weight is 269 g/mol. The van der Waals surface area contributed by atoms with Gasteiger partial charge in [0, 0.05) is 11.8 Å². The van der Waals surface area contributed by atoms with Crippen molar-refractivity contribution in [3.05, 3.63) is 24.0 Å². The summed E-state index contributed by atoms with van der Waals surface area (Å²) in [5.41, 5.74) is 5.67. The molecule has 1 unspecified atom stereocenters. The van der Waals surface area contributed by atoms with E-state index in [4.69, 9.17) is 15.7 Å². The number of nitrogens with two attached hydrogens (primary N) is 1. The van der Waals surface area contributed by atoms with Gasteiger partial charge in [-0.25, -0.2) is 4.39 Å². The third kappa shape index (κ3) is 3.57. The molecule has 0 aliphatic rings. The van der Waals surface area contributed by atoms with Gasteiger partial charge in [0.05, 0.1) is 13.0 Å². The van der Waals surface area contributed by atoms with Crippen molar-refractivity contribution < 1.29 is 19.1 Å². The van der Waals surface area contributed by atoms with Gasteiger partial charge in [0.25, 0.3) is 0 Å². The molecule has 4 N–H and O–H groups in total. The Morgan fingerprint density at radius 2 is 2.32 bits per heavy atom. The molecule has 6 nitrogen and oxygen atoms in total. The van der Waals surface area contributed by atoms with Gasteiger partial charge < -0.3 is 21.0 Å². The number of nitrogens with one attached hydrogen (secondary N) is 1. The van der Waals surface area contributed by atoms with E-state index in [2.05, 4.69) is 10.5 Å². The van der Waals surface area contributed by atoms with E-state index in [0.717, 1.165) is 6.07 Å². The van der Waals surface area contributed by atoms with Crippen molar-refractivity contribution in [2.75, 3.05) is 12.4 Å². The lowest BCUT2D eigenvalue weighted by Gasteiger charge is -2.13. The van der Waals surface area contributed by atoms with Gasteiger partial charge in [0.15, 0.2) is 17.4 Å². The van der Waals surface area contributed by atoms with Gasteiger partial charge in [0.2, 0.25) is 5.91 Å². The number of oxime groups is 1. The van der Waals surface area contributed by atoms with Crippen LogP contribution >= 0.6 is 0 Å². The highest BCUT2D eigenvalue weighted by Crippen LogP contribution is 2.21. The second-order valence-corrected chi connectivity index (χ2v) is 3.82. The number of amides is 1. The lowest BCUT2D eigenvalue weighted by molar-refractivity contribution is -0.118. The molecule has 1 aromatic rings. The van der Waals surface area contributed by atoms with Gasteiger partial charge in [-0.1, -0.05) is 12.1 Å². The molecule has 0 aromatic heterocycles. The number of nitrogens with zero attached hydrogens (tertiary/aromatic N) is 1. The molecule has 0 saturated heterocycles. The first-order chi connectivity index (χ1) is 9.03. The summed E-state index contributed by atoms with van der Waals surface area (Å²) >= 11 is 0. The summed E-state index contributed by atoms with van der Waals surface area (Å²) < 4.78 is 18.2. The highest BCUT2D eigenvalue weighted by Gasteiger charge is 2.21. The van der Waals surface area contributed by atoms with Crippen LogP contribution in [0, 0.1) is 11.7 Å². The minimum Gasteiger partial charge on any atom is -0.494 e. The number of ether oxygens (including phenoxy) is 1. The van der Waals surface area contributed by atoms with Crippen LogP contribution in [0.3, 0.4) is 0 Å². The summed E-state index contributed by atoms with van der Waals surface area (Å²) in [6.45, 7) is 1.72. The Hall–Kier alpha value is -2.31. The van der Waals surface area contributed by atoms with E-state index in [1.807, 2.05) is 0 Å². The molecule has 19 heavy (non-hydrogen) atoms. The Kier molecular flexibility index (Phi) is 5.11. The Bertz CT molecular complexity index is 491. The lowest BCUT2D eigenvalue weighted by Crippen LogP contribution is -2.34. The molecule has 0 aliphatic carbocycles. The summed E-state index contributed by atoms with van der Waals surface area (Å²) in [4.78, 5) is 11.9. The summed E-state index contributed by atoms with van der Waals surface area (Å²) in [5, 5.41) is 13.9. The number of anilines is 1. The molecule has 1 amide bonds. The van der Waals surface area contributed by atoms with Crippen molar-refractivity contribution in [1.29, 1.82) is 0 Å². The highest BCUT2D eigenvalue weighted by molar-refractivity contribution is 6.07. The molecule has 0 bridgehead atoms. The normalized spacial score (nSPS) is 12.9. The standard InChI is InChI=1S/C12H16FN3O3/c1-3-8(11(14)16-18)12(17)15-7-4-5-10(19-2)9(13)6-7/h4-6,8,18H,3H2,1-2H3,(H2,14,16)(H,15,17). The van der Waals surface area contributed by atoms with Crippen molar-refractivity contribution >= 4 is 17.4 Å². The van der Waals surface area contributed by atoms with Gasteiger partial charge in [-0.15, -0.1) is 0 Å². The zero-order chi connectivity index (χ0) is 14.4. The predicted octanol–water partition coefficient (Wildman–Crippen LogP) is 1.55. The largest absolute Gasteiger partial charge is 0.494 e. The molecule has 0 spiro atoms. The van der Waals surface area contributed by atoms with Crippen LogP contribution < -0.4 is 15.8 Å². The fraction of sp³-hybridized carbons (Fsp3) is 0.333. The smallest absolute Gasteiger partial charge is 0.235 e. The van der Waals surface area contributed by atoms with E-state index in [1.165, 1.54) is 19.2 Å². The number of carbonyl (C=O) groups excluding carboxylic acids is 1. The fourth-order valence-electron chi connectivity index (χ4n) is 1.57. The summed E-state index contributed by atoms with van der Waals surface area (Å²) in [5.74, 6) is -1.93. The maximum atomic E-state index is 13.4. The number of halogens is 1. The second kappa shape index (κ2) is 6.58. The van der Waals surface area contributed by atoms with E-state index in [-0.39, 0.29) is 17.3 Å². The van der Waals surface area contributed by atoms with Crippen LogP contribution in [0.1, 0.15) is 13.3 Å². The fourth-order valence-corrected chi connectivity index (χ4v) is 1.57. The van der Waals surface area contributed by atoms with Crippen molar-refractivity contribution in [1.82, 2.24) is 0 Å². The van der Waals surface area contributed by atoms with Crippen LogP contribution in [0.4, 0.5) is 10.1 Å².